The smallest absolute Gasteiger partial charge is 0.234 e. The van der Waals surface area contributed by atoms with E-state index in [4.69, 9.17) is 4.74 Å². The molecule has 1 heterocycles. The largest absolute Gasteiger partial charge is 0.378 e. The fraction of sp³-hybridized carbons (Fsp3) is 0.350. The van der Waals surface area contributed by atoms with Crippen LogP contribution >= 0.6 is 11.8 Å². The first-order chi connectivity index (χ1) is 12.5. The molecule has 2 aromatic carbocycles. The Morgan fingerprint density at radius 3 is 2.65 bits per heavy atom. The van der Waals surface area contributed by atoms with Crippen molar-refractivity contribution in [1.29, 1.82) is 0 Å². The third kappa shape index (κ3) is 4.77. The summed E-state index contributed by atoms with van der Waals surface area (Å²) >= 11 is 1.49. The van der Waals surface area contributed by atoms with Crippen molar-refractivity contribution in [3.63, 3.8) is 0 Å². The molecule has 1 saturated heterocycles. The summed E-state index contributed by atoms with van der Waals surface area (Å²) in [5, 5.41) is 2.77. The van der Waals surface area contributed by atoms with E-state index in [1.54, 1.807) is 12.1 Å². The van der Waals surface area contributed by atoms with E-state index in [1.165, 1.54) is 23.4 Å². The molecule has 3 rings (SSSR count). The Hall–Kier alpha value is -2.05. The van der Waals surface area contributed by atoms with Gasteiger partial charge < -0.3 is 15.0 Å². The van der Waals surface area contributed by atoms with E-state index in [-0.39, 0.29) is 17.5 Å². The third-order valence-corrected chi connectivity index (χ3v) is 5.45. The van der Waals surface area contributed by atoms with Crippen LogP contribution in [0, 0.1) is 19.7 Å². The molecule has 0 spiro atoms. The van der Waals surface area contributed by atoms with E-state index >= 15 is 0 Å². The van der Waals surface area contributed by atoms with Crippen LogP contribution in [0.25, 0.3) is 0 Å². The van der Waals surface area contributed by atoms with Crippen molar-refractivity contribution in [1.82, 2.24) is 0 Å². The van der Waals surface area contributed by atoms with Crippen molar-refractivity contribution in [3.05, 3.63) is 53.3 Å². The summed E-state index contributed by atoms with van der Waals surface area (Å²) in [6.45, 7) is 6.64. The number of carbonyl (C=O) groups is 1. The summed E-state index contributed by atoms with van der Waals surface area (Å²) in [7, 11) is 0. The zero-order valence-electron chi connectivity index (χ0n) is 15.0. The maximum Gasteiger partial charge on any atom is 0.234 e. The van der Waals surface area contributed by atoms with Gasteiger partial charge >= 0.3 is 0 Å². The van der Waals surface area contributed by atoms with Gasteiger partial charge in [-0.25, -0.2) is 4.39 Å². The quantitative estimate of drug-likeness (QED) is 0.803. The number of benzene rings is 2. The Balaban J connectivity index is 1.57. The summed E-state index contributed by atoms with van der Waals surface area (Å²) < 4.78 is 19.7. The molecule has 0 atom stereocenters. The molecule has 1 aliphatic heterocycles. The van der Waals surface area contributed by atoms with Gasteiger partial charge in [0.2, 0.25) is 5.91 Å². The molecule has 4 nitrogen and oxygen atoms in total. The number of nitrogens with zero attached hydrogens (tertiary/aromatic N) is 1. The lowest BCUT2D eigenvalue weighted by molar-refractivity contribution is -0.113. The van der Waals surface area contributed by atoms with Crippen LogP contribution in [0.4, 0.5) is 15.8 Å². The number of halogens is 1. The fourth-order valence-corrected chi connectivity index (χ4v) is 3.76. The second-order valence-electron chi connectivity index (χ2n) is 6.37. The summed E-state index contributed by atoms with van der Waals surface area (Å²) in [5.74, 6) is -0.184. The normalized spacial score (nSPS) is 14.3. The van der Waals surface area contributed by atoms with Gasteiger partial charge in [0.15, 0.2) is 0 Å². The van der Waals surface area contributed by atoms with Crippen LogP contribution in [0.1, 0.15) is 11.1 Å². The summed E-state index contributed by atoms with van der Waals surface area (Å²) in [6, 6.07) is 11.0. The first kappa shape index (κ1) is 18.7. The zero-order chi connectivity index (χ0) is 18.5. The average Bonchev–Trinajstić information content (AvgIpc) is 2.62. The molecule has 0 aliphatic carbocycles. The van der Waals surface area contributed by atoms with Gasteiger partial charge in [0.25, 0.3) is 0 Å². The van der Waals surface area contributed by atoms with Crippen LogP contribution in [0.15, 0.2) is 41.3 Å². The van der Waals surface area contributed by atoms with Gasteiger partial charge in [-0.15, -0.1) is 11.8 Å². The number of ether oxygens (including phenoxy) is 1. The van der Waals surface area contributed by atoms with Crippen LogP contribution in [0.5, 0.6) is 0 Å². The van der Waals surface area contributed by atoms with Crippen molar-refractivity contribution >= 4 is 29.0 Å². The predicted molar refractivity (Wildman–Crippen MR) is 105 cm³/mol. The number of morpholine rings is 1. The molecule has 0 unspecified atom stereocenters. The van der Waals surface area contributed by atoms with E-state index in [0.717, 1.165) is 10.5 Å². The van der Waals surface area contributed by atoms with Crippen LogP contribution in [0.2, 0.25) is 0 Å². The van der Waals surface area contributed by atoms with Gasteiger partial charge in [-0.05, 0) is 43.7 Å². The lowest BCUT2D eigenvalue weighted by atomic mass is 10.2. The third-order valence-electron chi connectivity index (χ3n) is 4.27. The Morgan fingerprint density at radius 1 is 1.19 bits per heavy atom. The van der Waals surface area contributed by atoms with Crippen LogP contribution in [0.3, 0.4) is 0 Å². The molecule has 1 amide bonds. The molecule has 2 aromatic rings. The van der Waals surface area contributed by atoms with Gasteiger partial charge in [0.1, 0.15) is 5.82 Å². The van der Waals surface area contributed by atoms with Crippen molar-refractivity contribution in [3.8, 4) is 0 Å². The maximum absolute atomic E-state index is 14.4. The van der Waals surface area contributed by atoms with Crippen molar-refractivity contribution in [2.75, 3.05) is 42.3 Å². The van der Waals surface area contributed by atoms with Crippen molar-refractivity contribution in [2.24, 2.45) is 0 Å². The van der Waals surface area contributed by atoms with Crippen LogP contribution < -0.4 is 10.2 Å². The highest BCUT2D eigenvalue weighted by atomic mass is 32.2. The highest BCUT2D eigenvalue weighted by Crippen LogP contribution is 2.25. The molecule has 0 saturated carbocycles. The average molecular weight is 374 g/mol. The van der Waals surface area contributed by atoms with E-state index in [0.29, 0.717) is 37.7 Å². The minimum atomic E-state index is -0.327. The van der Waals surface area contributed by atoms with E-state index in [2.05, 4.69) is 11.4 Å². The van der Waals surface area contributed by atoms with Gasteiger partial charge in [-0.3, -0.25) is 4.79 Å². The molecule has 1 N–H and O–H groups in total. The van der Waals surface area contributed by atoms with Crippen LogP contribution in [-0.4, -0.2) is 38.0 Å². The van der Waals surface area contributed by atoms with E-state index in [9.17, 15) is 9.18 Å². The van der Waals surface area contributed by atoms with Gasteiger partial charge in [0.05, 0.1) is 24.7 Å². The summed E-state index contributed by atoms with van der Waals surface area (Å²) in [5.41, 5.74) is 3.39. The minimum Gasteiger partial charge on any atom is -0.378 e. The standard InChI is InChI=1S/C20H23FN2O2S/c1-14-3-6-19(15(2)11-14)26-13-20(24)22-16-4-5-18(17(21)12-16)23-7-9-25-10-8-23/h3-6,11-12H,7-10,13H2,1-2H3,(H,22,24). The van der Waals surface area contributed by atoms with Gasteiger partial charge in [-0.2, -0.15) is 0 Å². The van der Waals surface area contributed by atoms with Crippen LogP contribution in [-0.2, 0) is 9.53 Å². The number of amides is 1. The van der Waals surface area contributed by atoms with Gasteiger partial charge in [0, 0.05) is 23.7 Å². The highest BCUT2D eigenvalue weighted by molar-refractivity contribution is 8.00. The number of hydrogen-bond donors (Lipinski definition) is 1. The molecular weight excluding hydrogens is 351 g/mol. The maximum atomic E-state index is 14.4. The number of thioether (sulfide) groups is 1. The SMILES string of the molecule is Cc1ccc(SCC(=O)Nc2ccc(N3CCOCC3)c(F)c2)c(C)c1. The first-order valence-corrected chi connectivity index (χ1v) is 9.63. The number of anilines is 2. The molecule has 138 valence electrons. The fourth-order valence-electron chi connectivity index (χ4n) is 2.95. The number of aryl methyl sites for hydroxylation is 2. The van der Waals surface area contributed by atoms with E-state index < -0.39 is 0 Å². The number of rotatable bonds is 5. The number of carbonyl (C=O) groups excluding carboxylic acids is 1. The Labute approximate surface area is 157 Å². The highest BCUT2D eigenvalue weighted by Gasteiger charge is 2.16. The molecule has 0 radical (unpaired) electrons. The second-order valence-corrected chi connectivity index (χ2v) is 7.39. The second kappa shape index (κ2) is 8.56. The Bertz CT molecular complexity index is 791. The molecule has 0 aromatic heterocycles. The Morgan fingerprint density at radius 2 is 1.96 bits per heavy atom. The van der Waals surface area contributed by atoms with E-state index in [1.807, 2.05) is 30.9 Å². The lowest BCUT2D eigenvalue weighted by Gasteiger charge is -2.29. The predicted octanol–water partition coefficient (Wildman–Crippen LogP) is 4.01. The van der Waals surface area contributed by atoms with Gasteiger partial charge in [-0.1, -0.05) is 17.7 Å². The minimum absolute atomic E-state index is 0.145. The lowest BCUT2D eigenvalue weighted by Crippen LogP contribution is -2.36. The molecule has 1 fully saturated rings. The van der Waals surface area contributed by atoms with Crippen molar-refractivity contribution in [2.45, 2.75) is 18.7 Å². The topological polar surface area (TPSA) is 41.6 Å². The van der Waals surface area contributed by atoms with Crippen molar-refractivity contribution < 1.29 is 13.9 Å². The molecule has 26 heavy (non-hydrogen) atoms. The first-order valence-electron chi connectivity index (χ1n) is 8.65. The summed E-state index contributed by atoms with van der Waals surface area (Å²) in [6.07, 6.45) is 0. The number of nitrogens with one attached hydrogen (secondary N) is 1. The zero-order valence-corrected chi connectivity index (χ0v) is 15.9. The molecule has 6 heteroatoms. The molecular formula is C20H23FN2O2S. The molecule has 0 bridgehead atoms. The number of hydrogen-bond acceptors (Lipinski definition) is 4. The monoisotopic (exact) mass is 374 g/mol. The molecule has 1 aliphatic rings. The Kier molecular flexibility index (Phi) is 6.16. The summed E-state index contributed by atoms with van der Waals surface area (Å²) in [4.78, 5) is 15.2.